The first-order chi connectivity index (χ1) is 10.8. The molecule has 0 saturated heterocycles. The molecule has 0 amide bonds. The number of aromatic hydroxyl groups is 1. The van der Waals surface area contributed by atoms with Gasteiger partial charge in [0.05, 0.1) is 0 Å². The number of hydrogen-bond acceptors (Lipinski definition) is 1. The zero-order valence-electron chi connectivity index (χ0n) is 14.1. The number of unbranched alkanes of at least 4 members (excludes halogenated alkanes) is 7. The van der Waals surface area contributed by atoms with Crippen molar-refractivity contribution in [1.82, 2.24) is 0 Å². The van der Waals surface area contributed by atoms with Gasteiger partial charge < -0.3 is 5.11 Å². The summed E-state index contributed by atoms with van der Waals surface area (Å²) in [6.45, 7) is 2.09. The van der Waals surface area contributed by atoms with Crippen molar-refractivity contribution in [3.8, 4) is 5.75 Å². The Labute approximate surface area is 136 Å². The third kappa shape index (κ3) is 10.3. The minimum atomic E-state index is 0.378. The predicted octanol–water partition coefficient (Wildman–Crippen LogP) is 6.58. The largest absolute Gasteiger partial charge is 0.508 e. The van der Waals surface area contributed by atoms with Crippen LogP contribution in [-0.4, -0.2) is 5.11 Å². The van der Waals surface area contributed by atoms with Crippen LogP contribution in [-0.2, 0) is 6.42 Å². The van der Waals surface area contributed by atoms with Gasteiger partial charge in [-0.2, -0.15) is 0 Å². The lowest BCUT2D eigenvalue weighted by atomic mass is 10.1. The van der Waals surface area contributed by atoms with Crippen LogP contribution in [0.3, 0.4) is 0 Å². The lowest BCUT2D eigenvalue weighted by Crippen LogP contribution is -1.84. The Morgan fingerprint density at radius 3 is 2.09 bits per heavy atom. The summed E-state index contributed by atoms with van der Waals surface area (Å²) in [5, 5.41) is 9.40. The molecule has 0 atom stereocenters. The molecule has 0 aliphatic rings. The lowest BCUT2D eigenvalue weighted by molar-refractivity contribution is 0.474. The fraction of sp³-hybridized carbons (Fsp3) is 0.524. The first kappa shape index (κ1) is 18.5. The average Bonchev–Trinajstić information content (AvgIpc) is 2.52. The van der Waals surface area contributed by atoms with Crippen molar-refractivity contribution in [3.05, 3.63) is 54.1 Å². The Balaban J connectivity index is 1.90. The molecule has 1 aromatic carbocycles. The van der Waals surface area contributed by atoms with Crippen LogP contribution < -0.4 is 0 Å². The maximum Gasteiger partial charge on any atom is 0.115 e. The van der Waals surface area contributed by atoms with Crippen LogP contribution in [0.25, 0.3) is 0 Å². The molecule has 22 heavy (non-hydrogen) atoms. The second kappa shape index (κ2) is 13.2. The second-order valence-corrected chi connectivity index (χ2v) is 5.95. The maximum atomic E-state index is 9.40. The van der Waals surface area contributed by atoms with Crippen molar-refractivity contribution in [2.24, 2.45) is 0 Å². The topological polar surface area (TPSA) is 20.2 Å². The first-order valence-electron chi connectivity index (χ1n) is 8.87. The van der Waals surface area contributed by atoms with Crippen LogP contribution in [0, 0.1) is 0 Å². The highest BCUT2D eigenvalue weighted by Gasteiger charge is 1.94. The Hall–Kier alpha value is -1.50. The summed E-state index contributed by atoms with van der Waals surface area (Å²) in [5.74, 6) is 0.378. The molecule has 122 valence electrons. The van der Waals surface area contributed by atoms with Crippen molar-refractivity contribution in [3.63, 3.8) is 0 Å². The lowest BCUT2D eigenvalue weighted by Gasteiger charge is -2.01. The van der Waals surface area contributed by atoms with E-state index in [9.17, 15) is 5.11 Å². The van der Waals surface area contributed by atoms with E-state index in [4.69, 9.17) is 0 Å². The molecular weight excluding hydrogens is 268 g/mol. The number of benzene rings is 1. The van der Waals surface area contributed by atoms with E-state index in [-0.39, 0.29) is 0 Å². The first-order valence-corrected chi connectivity index (χ1v) is 8.87. The summed E-state index contributed by atoms with van der Waals surface area (Å²) < 4.78 is 0. The van der Waals surface area contributed by atoms with Crippen LogP contribution in [0.2, 0.25) is 0 Å². The average molecular weight is 300 g/mol. The van der Waals surface area contributed by atoms with Crippen molar-refractivity contribution in [1.29, 1.82) is 0 Å². The maximum absolute atomic E-state index is 9.40. The van der Waals surface area contributed by atoms with Gasteiger partial charge in [-0.15, -0.1) is 0 Å². The summed E-state index contributed by atoms with van der Waals surface area (Å²) in [6.07, 6.45) is 21.6. The van der Waals surface area contributed by atoms with E-state index in [2.05, 4.69) is 37.3 Å². The Kier molecular flexibility index (Phi) is 11.1. The molecule has 0 saturated carbocycles. The number of phenols is 1. The molecule has 1 nitrogen and oxygen atoms in total. The van der Waals surface area contributed by atoms with Gasteiger partial charge in [0.2, 0.25) is 0 Å². The van der Waals surface area contributed by atoms with E-state index in [1.807, 2.05) is 12.1 Å². The molecule has 1 N–H and O–H groups in total. The van der Waals surface area contributed by atoms with Gasteiger partial charge >= 0.3 is 0 Å². The van der Waals surface area contributed by atoms with Crippen molar-refractivity contribution >= 4 is 0 Å². The van der Waals surface area contributed by atoms with Crippen molar-refractivity contribution < 1.29 is 5.11 Å². The Bertz CT molecular complexity index is 431. The van der Waals surface area contributed by atoms with E-state index >= 15 is 0 Å². The summed E-state index contributed by atoms with van der Waals surface area (Å²) in [5.41, 5.74) is 1.24. The fourth-order valence-electron chi connectivity index (χ4n) is 2.58. The van der Waals surface area contributed by atoms with E-state index < -0.39 is 0 Å². The van der Waals surface area contributed by atoms with Gasteiger partial charge in [-0.05, 0) is 76.0 Å². The van der Waals surface area contributed by atoms with Crippen molar-refractivity contribution in [2.75, 3.05) is 0 Å². The molecule has 1 heteroatoms. The normalized spacial score (nSPS) is 11.7. The van der Waals surface area contributed by atoms with Crippen molar-refractivity contribution in [2.45, 2.75) is 71.1 Å². The van der Waals surface area contributed by atoms with Crippen LogP contribution in [0.4, 0.5) is 0 Å². The second-order valence-electron chi connectivity index (χ2n) is 5.95. The summed E-state index contributed by atoms with van der Waals surface area (Å²) in [6, 6.07) is 7.61. The van der Waals surface area contributed by atoms with Gasteiger partial charge in [-0.25, -0.2) is 0 Å². The highest BCUT2D eigenvalue weighted by molar-refractivity contribution is 5.27. The van der Waals surface area contributed by atoms with Crippen LogP contribution >= 0.6 is 0 Å². The molecule has 0 aliphatic heterocycles. The summed E-state index contributed by atoms with van der Waals surface area (Å²) in [4.78, 5) is 0. The Morgan fingerprint density at radius 2 is 1.45 bits per heavy atom. The number of rotatable bonds is 12. The van der Waals surface area contributed by atoms with Crippen LogP contribution in [0.1, 0.15) is 70.3 Å². The summed E-state index contributed by atoms with van der Waals surface area (Å²) in [7, 11) is 0. The molecule has 0 aliphatic carbocycles. The molecule has 0 heterocycles. The zero-order chi connectivity index (χ0) is 15.9. The monoisotopic (exact) mass is 300 g/mol. The highest BCUT2D eigenvalue weighted by atomic mass is 16.3. The predicted molar refractivity (Wildman–Crippen MR) is 97.3 cm³/mol. The summed E-state index contributed by atoms with van der Waals surface area (Å²) >= 11 is 0. The van der Waals surface area contributed by atoms with Gasteiger partial charge in [-0.3, -0.25) is 0 Å². The van der Waals surface area contributed by atoms with Crippen LogP contribution in [0.5, 0.6) is 5.75 Å². The molecule has 0 fully saturated rings. The number of hydrogen-bond donors (Lipinski definition) is 1. The van der Waals surface area contributed by atoms with E-state index in [1.165, 1.54) is 63.4 Å². The quantitative estimate of drug-likeness (QED) is 0.341. The number of allylic oxidation sites excluding steroid dienone is 4. The number of phenolic OH excluding ortho intramolecular Hbond substituents is 1. The molecule has 0 spiro atoms. The molecule has 0 aromatic heterocycles. The van der Waals surface area contributed by atoms with E-state index in [1.54, 1.807) is 6.07 Å². The third-order valence-electron chi connectivity index (χ3n) is 3.89. The fourth-order valence-corrected chi connectivity index (χ4v) is 2.58. The minimum absolute atomic E-state index is 0.378. The SMILES string of the molecule is C/C=C/CCCCCC/C=C/CCCCc1cccc(O)c1. The molecule has 0 bridgehead atoms. The third-order valence-corrected chi connectivity index (χ3v) is 3.89. The van der Waals surface area contributed by atoms with Gasteiger partial charge in [0.15, 0.2) is 0 Å². The highest BCUT2D eigenvalue weighted by Crippen LogP contribution is 2.14. The molecule has 0 unspecified atom stereocenters. The molecule has 0 radical (unpaired) electrons. The molecular formula is C21H32O. The van der Waals surface area contributed by atoms with Gasteiger partial charge in [0.1, 0.15) is 5.75 Å². The van der Waals surface area contributed by atoms with Crippen LogP contribution in [0.15, 0.2) is 48.6 Å². The van der Waals surface area contributed by atoms with E-state index in [0.29, 0.717) is 5.75 Å². The standard InChI is InChI=1S/C21H32O/c1-2-3-4-5-6-7-8-9-10-11-12-13-14-16-20-17-15-18-21(22)19-20/h2-3,10-11,15,17-19,22H,4-9,12-14,16H2,1H3/b3-2+,11-10+. The Morgan fingerprint density at radius 1 is 0.818 bits per heavy atom. The minimum Gasteiger partial charge on any atom is -0.508 e. The molecule has 1 rings (SSSR count). The molecule has 1 aromatic rings. The zero-order valence-corrected chi connectivity index (χ0v) is 14.1. The van der Waals surface area contributed by atoms with Gasteiger partial charge in [-0.1, -0.05) is 49.3 Å². The smallest absolute Gasteiger partial charge is 0.115 e. The van der Waals surface area contributed by atoms with E-state index in [0.717, 1.165) is 6.42 Å². The van der Waals surface area contributed by atoms with Gasteiger partial charge in [0, 0.05) is 0 Å². The van der Waals surface area contributed by atoms with Gasteiger partial charge in [0.25, 0.3) is 0 Å². The number of aryl methyl sites for hydroxylation is 1.